The molecule has 112 valence electrons. The second-order valence-electron chi connectivity index (χ2n) is 5.44. The number of carbonyl (C=O) groups is 1. The van der Waals surface area contributed by atoms with Gasteiger partial charge in [0, 0.05) is 19.8 Å². The number of ether oxygens (including phenoxy) is 1. The summed E-state index contributed by atoms with van der Waals surface area (Å²) in [6.45, 7) is 1.58. The summed E-state index contributed by atoms with van der Waals surface area (Å²) in [5, 5.41) is 0. The molecule has 0 aliphatic carbocycles. The monoisotopic (exact) mass is 278 g/mol. The molecule has 0 N–H and O–H groups in total. The number of hydrogen-bond donors (Lipinski definition) is 0. The molecule has 1 aromatic carbocycles. The molecule has 4 heteroatoms. The molecule has 0 unspecified atom stereocenters. The van der Waals surface area contributed by atoms with Crippen molar-refractivity contribution in [1.29, 1.82) is 0 Å². The van der Waals surface area contributed by atoms with Crippen LogP contribution < -0.4 is 4.90 Å². The number of benzene rings is 1. The van der Waals surface area contributed by atoms with Crippen molar-refractivity contribution >= 4 is 11.7 Å². The van der Waals surface area contributed by atoms with Gasteiger partial charge in [0.25, 0.3) is 0 Å². The number of esters is 1. The van der Waals surface area contributed by atoms with Gasteiger partial charge in [-0.3, -0.25) is 0 Å². The maximum absolute atomic E-state index is 11.8. The first kappa shape index (κ1) is 16.5. The van der Waals surface area contributed by atoms with Crippen LogP contribution in [-0.2, 0) is 4.74 Å². The fourth-order valence-electron chi connectivity index (χ4n) is 1.85. The van der Waals surface area contributed by atoms with Gasteiger partial charge in [-0.15, -0.1) is 0 Å². The summed E-state index contributed by atoms with van der Waals surface area (Å²) in [7, 11) is 8.08. The van der Waals surface area contributed by atoms with Crippen molar-refractivity contribution in [2.24, 2.45) is 0 Å². The summed E-state index contributed by atoms with van der Waals surface area (Å²) in [4.78, 5) is 16.0. The molecule has 0 spiro atoms. The lowest BCUT2D eigenvalue weighted by atomic mass is 10.2. The summed E-state index contributed by atoms with van der Waals surface area (Å²) >= 11 is 0. The molecular formula is C16H26N2O2. The smallest absolute Gasteiger partial charge is 0.338 e. The van der Waals surface area contributed by atoms with Crippen LogP contribution in [-0.4, -0.2) is 52.2 Å². The molecule has 0 amide bonds. The summed E-state index contributed by atoms with van der Waals surface area (Å²) in [6.07, 6.45) is 3.16. The van der Waals surface area contributed by atoms with Crippen molar-refractivity contribution in [2.45, 2.75) is 19.3 Å². The first-order valence-electron chi connectivity index (χ1n) is 7.10. The maximum atomic E-state index is 11.8. The lowest BCUT2D eigenvalue weighted by molar-refractivity contribution is 0.0497. The van der Waals surface area contributed by atoms with E-state index >= 15 is 0 Å². The molecular weight excluding hydrogens is 252 g/mol. The van der Waals surface area contributed by atoms with Crippen LogP contribution in [0, 0.1) is 0 Å². The van der Waals surface area contributed by atoms with E-state index in [4.69, 9.17) is 4.74 Å². The molecule has 0 aromatic heterocycles. The number of carbonyl (C=O) groups excluding carboxylic acids is 1. The van der Waals surface area contributed by atoms with Gasteiger partial charge >= 0.3 is 5.97 Å². The molecule has 0 atom stereocenters. The zero-order valence-corrected chi connectivity index (χ0v) is 13.1. The van der Waals surface area contributed by atoms with Gasteiger partial charge in [-0.25, -0.2) is 4.79 Å². The van der Waals surface area contributed by atoms with E-state index in [2.05, 4.69) is 19.0 Å². The largest absolute Gasteiger partial charge is 0.462 e. The van der Waals surface area contributed by atoms with Crippen molar-refractivity contribution in [3.8, 4) is 0 Å². The fraction of sp³-hybridized carbons (Fsp3) is 0.562. The van der Waals surface area contributed by atoms with Crippen LogP contribution in [0.2, 0.25) is 0 Å². The number of anilines is 1. The molecule has 0 fully saturated rings. The lowest BCUT2D eigenvalue weighted by Gasteiger charge is -2.12. The highest BCUT2D eigenvalue weighted by molar-refractivity contribution is 5.89. The highest BCUT2D eigenvalue weighted by Gasteiger charge is 2.07. The molecule has 0 aliphatic heterocycles. The van der Waals surface area contributed by atoms with E-state index in [-0.39, 0.29) is 5.97 Å². The third-order valence-electron chi connectivity index (χ3n) is 3.10. The van der Waals surface area contributed by atoms with E-state index in [0.29, 0.717) is 12.2 Å². The van der Waals surface area contributed by atoms with Crippen LogP contribution in [0.4, 0.5) is 5.69 Å². The van der Waals surface area contributed by atoms with Gasteiger partial charge in [0.15, 0.2) is 0 Å². The molecule has 0 heterocycles. The van der Waals surface area contributed by atoms with E-state index in [0.717, 1.165) is 31.5 Å². The predicted molar refractivity (Wildman–Crippen MR) is 83.5 cm³/mol. The normalized spacial score (nSPS) is 10.7. The minimum Gasteiger partial charge on any atom is -0.462 e. The molecule has 0 saturated carbocycles. The molecule has 20 heavy (non-hydrogen) atoms. The Kier molecular flexibility index (Phi) is 7.09. The summed E-state index contributed by atoms with van der Waals surface area (Å²) in [6, 6.07) is 7.47. The van der Waals surface area contributed by atoms with Crippen LogP contribution in [0.25, 0.3) is 0 Å². The van der Waals surface area contributed by atoms with Crippen molar-refractivity contribution in [3.63, 3.8) is 0 Å². The van der Waals surface area contributed by atoms with Gasteiger partial charge < -0.3 is 14.5 Å². The summed E-state index contributed by atoms with van der Waals surface area (Å²) < 4.78 is 5.27. The number of unbranched alkanes of at least 4 members (excludes halogenated alkanes) is 2. The summed E-state index contributed by atoms with van der Waals surface area (Å²) in [5.41, 5.74) is 1.69. The standard InChI is InChI=1S/C16H26N2O2/c1-17(2)12-6-5-7-13-20-16(19)14-8-10-15(11-9-14)18(3)4/h8-11H,5-7,12-13H2,1-4H3. The molecule has 1 rings (SSSR count). The lowest BCUT2D eigenvalue weighted by Crippen LogP contribution is -2.13. The maximum Gasteiger partial charge on any atom is 0.338 e. The van der Waals surface area contributed by atoms with E-state index in [9.17, 15) is 4.79 Å². The van der Waals surface area contributed by atoms with Gasteiger partial charge in [-0.1, -0.05) is 0 Å². The van der Waals surface area contributed by atoms with Crippen molar-refractivity contribution in [2.75, 3.05) is 46.2 Å². The first-order chi connectivity index (χ1) is 9.50. The second kappa shape index (κ2) is 8.59. The molecule has 0 saturated heterocycles. The Labute approximate surface area is 122 Å². The van der Waals surface area contributed by atoms with Crippen LogP contribution in [0.5, 0.6) is 0 Å². The van der Waals surface area contributed by atoms with Crippen LogP contribution in [0.15, 0.2) is 24.3 Å². The van der Waals surface area contributed by atoms with Gasteiger partial charge in [0.2, 0.25) is 0 Å². The average Bonchev–Trinajstić information content (AvgIpc) is 2.42. The van der Waals surface area contributed by atoms with E-state index < -0.39 is 0 Å². The Bertz CT molecular complexity index is 399. The van der Waals surface area contributed by atoms with Crippen molar-refractivity contribution < 1.29 is 9.53 Å². The third kappa shape index (κ3) is 6.06. The SMILES string of the molecule is CN(C)CCCCCOC(=O)c1ccc(N(C)C)cc1. The fourth-order valence-corrected chi connectivity index (χ4v) is 1.85. The highest BCUT2D eigenvalue weighted by atomic mass is 16.5. The van der Waals surface area contributed by atoms with Crippen molar-refractivity contribution in [3.05, 3.63) is 29.8 Å². The minimum atomic E-state index is -0.233. The first-order valence-corrected chi connectivity index (χ1v) is 7.10. The zero-order chi connectivity index (χ0) is 15.0. The van der Waals surface area contributed by atoms with Gasteiger partial charge in [0.05, 0.1) is 12.2 Å². The summed E-state index contributed by atoms with van der Waals surface area (Å²) in [5.74, 6) is -0.233. The Hall–Kier alpha value is -1.55. The Balaban J connectivity index is 2.25. The van der Waals surface area contributed by atoms with Gasteiger partial charge in [0.1, 0.15) is 0 Å². The number of nitrogens with zero attached hydrogens (tertiary/aromatic N) is 2. The van der Waals surface area contributed by atoms with E-state index in [1.165, 1.54) is 0 Å². The number of rotatable bonds is 8. The van der Waals surface area contributed by atoms with Crippen LogP contribution in [0.1, 0.15) is 29.6 Å². The average molecular weight is 278 g/mol. The molecule has 0 radical (unpaired) electrons. The Morgan fingerprint density at radius 1 is 1.00 bits per heavy atom. The quantitative estimate of drug-likeness (QED) is 0.540. The zero-order valence-electron chi connectivity index (χ0n) is 13.1. The van der Waals surface area contributed by atoms with Crippen molar-refractivity contribution in [1.82, 2.24) is 4.90 Å². The number of hydrogen-bond acceptors (Lipinski definition) is 4. The molecule has 4 nitrogen and oxygen atoms in total. The Morgan fingerprint density at radius 2 is 1.65 bits per heavy atom. The van der Waals surface area contributed by atoms with Gasteiger partial charge in [-0.05, 0) is 64.2 Å². The molecule has 0 bridgehead atoms. The van der Waals surface area contributed by atoms with E-state index in [1.54, 1.807) is 0 Å². The highest BCUT2D eigenvalue weighted by Crippen LogP contribution is 2.13. The third-order valence-corrected chi connectivity index (χ3v) is 3.10. The molecule has 0 aliphatic rings. The molecule has 1 aromatic rings. The topological polar surface area (TPSA) is 32.8 Å². The Morgan fingerprint density at radius 3 is 2.20 bits per heavy atom. The van der Waals surface area contributed by atoms with E-state index in [1.807, 2.05) is 43.3 Å². The van der Waals surface area contributed by atoms with Crippen LogP contribution in [0.3, 0.4) is 0 Å². The minimum absolute atomic E-state index is 0.233. The van der Waals surface area contributed by atoms with Gasteiger partial charge in [-0.2, -0.15) is 0 Å². The second-order valence-corrected chi connectivity index (χ2v) is 5.44. The predicted octanol–water partition coefficient (Wildman–Crippen LogP) is 2.64. The van der Waals surface area contributed by atoms with Crippen LogP contribution >= 0.6 is 0 Å².